The molecule has 68 valence electrons. The van der Waals surface area contributed by atoms with Crippen molar-refractivity contribution in [3.8, 4) is 6.07 Å². The number of nitrogens with zero attached hydrogens (tertiary/aromatic N) is 2. The van der Waals surface area contributed by atoms with E-state index in [9.17, 15) is 4.79 Å². The molecular weight excluding hydrogens is 154 g/mol. The van der Waals surface area contributed by atoms with Crippen molar-refractivity contribution in [2.75, 3.05) is 13.1 Å². The molecule has 4 nitrogen and oxygen atoms in total. The summed E-state index contributed by atoms with van der Waals surface area (Å²) in [6, 6.07) is 1.66. The maximum absolute atomic E-state index is 10.8. The number of nitrogens with two attached hydrogens (primary N) is 1. The van der Waals surface area contributed by atoms with Crippen LogP contribution in [-0.2, 0) is 4.79 Å². The van der Waals surface area contributed by atoms with E-state index in [0.717, 1.165) is 13.0 Å². The van der Waals surface area contributed by atoms with Crippen LogP contribution < -0.4 is 5.73 Å². The van der Waals surface area contributed by atoms with E-state index in [1.54, 1.807) is 11.8 Å². The van der Waals surface area contributed by atoms with Gasteiger partial charge in [-0.15, -0.1) is 0 Å². The van der Waals surface area contributed by atoms with E-state index >= 15 is 0 Å². The van der Waals surface area contributed by atoms with Gasteiger partial charge in [-0.3, -0.25) is 9.69 Å². The monoisotopic (exact) mass is 169 g/mol. The second-order valence-corrected chi connectivity index (χ2v) is 2.71. The van der Waals surface area contributed by atoms with Gasteiger partial charge in [0.15, 0.2) is 0 Å². The zero-order valence-corrected chi connectivity index (χ0v) is 7.58. The van der Waals surface area contributed by atoms with E-state index in [-0.39, 0.29) is 18.5 Å². The molecule has 0 aromatic carbocycles. The Morgan fingerprint density at radius 3 is 2.67 bits per heavy atom. The maximum Gasteiger partial charge on any atom is 0.234 e. The van der Waals surface area contributed by atoms with Gasteiger partial charge in [0.2, 0.25) is 5.91 Å². The van der Waals surface area contributed by atoms with Crippen molar-refractivity contribution in [2.24, 2.45) is 5.73 Å². The van der Waals surface area contributed by atoms with E-state index in [1.807, 2.05) is 13.0 Å². The third-order valence-corrected chi connectivity index (χ3v) is 1.74. The minimum atomic E-state index is -0.376. The molecule has 0 heterocycles. The van der Waals surface area contributed by atoms with Crippen LogP contribution in [0.15, 0.2) is 0 Å². The lowest BCUT2D eigenvalue weighted by Crippen LogP contribution is -2.43. The highest BCUT2D eigenvalue weighted by atomic mass is 16.1. The molecule has 1 unspecified atom stereocenters. The Hall–Kier alpha value is -1.08. The molecule has 0 aromatic heterocycles. The van der Waals surface area contributed by atoms with Gasteiger partial charge in [0.05, 0.1) is 18.7 Å². The van der Waals surface area contributed by atoms with Gasteiger partial charge in [0.25, 0.3) is 0 Å². The van der Waals surface area contributed by atoms with E-state index < -0.39 is 0 Å². The predicted octanol–water partition coefficient (Wildman–Crippen LogP) is 0.0958. The van der Waals surface area contributed by atoms with Crippen LogP contribution in [0.3, 0.4) is 0 Å². The quantitative estimate of drug-likeness (QED) is 0.593. The summed E-state index contributed by atoms with van der Waals surface area (Å²) in [6.45, 7) is 4.71. The number of primary amides is 1. The largest absolute Gasteiger partial charge is 0.368 e. The van der Waals surface area contributed by atoms with Gasteiger partial charge in [-0.1, -0.05) is 6.92 Å². The second kappa shape index (κ2) is 5.56. The second-order valence-electron chi connectivity index (χ2n) is 2.71. The lowest BCUT2D eigenvalue weighted by molar-refractivity contribution is -0.122. The Kier molecular flexibility index (Phi) is 5.06. The first-order valence-electron chi connectivity index (χ1n) is 4.03. The molecule has 0 spiro atoms. The Morgan fingerprint density at radius 1 is 1.75 bits per heavy atom. The van der Waals surface area contributed by atoms with Crippen LogP contribution in [0.5, 0.6) is 0 Å². The van der Waals surface area contributed by atoms with Gasteiger partial charge in [0.1, 0.15) is 0 Å². The van der Waals surface area contributed by atoms with E-state index in [2.05, 4.69) is 0 Å². The smallest absolute Gasteiger partial charge is 0.234 e. The van der Waals surface area contributed by atoms with Gasteiger partial charge in [-0.05, 0) is 19.9 Å². The first-order valence-corrected chi connectivity index (χ1v) is 4.03. The minimum absolute atomic E-state index is 0.262. The lowest BCUT2D eigenvalue weighted by atomic mass is 10.2. The van der Waals surface area contributed by atoms with Crippen LogP contribution in [0, 0.1) is 11.3 Å². The molecule has 0 bridgehead atoms. The van der Waals surface area contributed by atoms with Crippen LogP contribution in [0.25, 0.3) is 0 Å². The average Bonchev–Trinajstić information content (AvgIpc) is 2.03. The van der Waals surface area contributed by atoms with Crippen LogP contribution in [0.4, 0.5) is 0 Å². The molecule has 12 heavy (non-hydrogen) atoms. The number of hydrogen-bond donors (Lipinski definition) is 1. The molecule has 0 rings (SSSR count). The molecule has 0 saturated heterocycles. The summed E-state index contributed by atoms with van der Waals surface area (Å²) in [5.74, 6) is -0.376. The van der Waals surface area contributed by atoms with Gasteiger partial charge in [0, 0.05) is 0 Å². The highest BCUT2D eigenvalue weighted by molar-refractivity contribution is 5.79. The summed E-state index contributed by atoms with van der Waals surface area (Å²) in [5, 5.41) is 8.45. The molecular formula is C8H15N3O. The number of carbonyl (C=O) groups is 1. The van der Waals surface area contributed by atoms with Crippen LogP contribution >= 0.6 is 0 Å². The molecule has 2 N–H and O–H groups in total. The average molecular weight is 169 g/mol. The minimum Gasteiger partial charge on any atom is -0.368 e. The van der Waals surface area contributed by atoms with Crippen molar-refractivity contribution < 1.29 is 4.79 Å². The van der Waals surface area contributed by atoms with Gasteiger partial charge in [-0.2, -0.15) is 5.26 Å². The number of hydrogen-bond acceptors (Lipinski definition) is 3. The van der Waals surface area contributed by atoms with Crippen molar-refractivity contribution in [1.29, 1.82) is 5.26 Å². The molecule has 0 aliphatic heterocycles. The standard InChI is InChI=1S/C8H15N3O/c1-3-5-11(6-4-9)7(2)8(10)12/h7H,3,5-6H2,1-2H3,(H2,10,12). The molecule has 0 aromatic rings. The van der Waals surface area contributed by atoms with Gasteiger partial charge >= 0.3 is 0 Å². The Morgan fingerprint density at radius 2 is 2.33 bits per heavy atom. The highest BCUT2D eigenvalue weighted by Crippen LogP contribution is 1.98. The summed E-state index contributed by atoms with van der Waals surface area (Å²) in [4.78, 5) is 12.5. The summed E-state index contributed by atoms with van der Waals surface area (Å²) in [7, 11) is 0. The van der Waals surface area contributed by atoms with Crippen molar-refractivity contribution in [1.82, 2.24) is 4.90 Å². The number of nitriles is 1. The van der Waals surface area contributed by atoms with Crippen LogP contribution in [0.2, 0.25) is 0 Å². The molecule has 0 saturated carbocycles. The number of rotatable bonds is 5. The fraction of sp³-hybridized carbons (Fsp3) is 0.750. The number of carbonyl (C=O) groups excluding carboxylic acids is 1. The molecule has 1 amide bonds. The Labute approximate surface area is 72.9 Å². The normalized spacial score (nSPS) is 12.5. The zero-order chi connectivity index (χ0) is 9.56. The molecule has 0 fully saturated rings. The highest BCUT2D eigenvalue weighted by Gasteiger charge is 2.16. The van der Waals surface area contributed by atoms with Gasteiger partial charge < -0.3 is 5.73 Å². The van der Waals surface area contributed by atoms with E-state index in [4.69, 9.17) is 11.0 Å². The summed E-state index contributed by atoms with van der Waals surface area (Å²) in [6.07, 6.45) is 0.916. The first-order chi connectivity index (χ1) is 5.63. The molecule has 0 aliphatic carbocycles. The molecule has 0 radical (unpaired) electrons. The van der Waals surface area contributed by atoms with Crippen LogP contribution in [0.1, 0.15) is 20.3 Å². The summed E-state index contributed by atoms with van der Waals surface area (Å²) < 4.78 is 0. The third-order valence-electron chi connectivity index (χ3n) is 1.74. The van der Waals surface area contributed by atoms with Crippen molar-refractivity contribution in [3.63, 3.8) is 0 Å². The lowest BCUT2D eigenvalue weighted by Gasteiger charge is -2.22. The van der Waals surface area contributed by atoms with Crippen molar-refractivity contribution in [2.45, 2.75) is 26.3 Å². The van der Waals surface area contributed by atoms with E-state index in [1.165, 1.54) is 0 Å². The Bertz CT molecular complexity index is 185. The van der Waals surface area contributed by atoms with Gasteiger partial charge in [-0.25, -0.2) is 0 Å². The fourth-order valence-electron chi connectivity index (χ4n) is 0.968. The van der Waals surface area contributed by atoms with Crippen molar-refractivity contribution in [3.05, 3.63) is 0 Å². The first kappa shape index (κ1) is 10.9. The molecule has 4 heteroatoms. The van der Waals surface area contributed by atoms with E-state index in [0.29, 0.717) is 0 Å². The molecule has 0 aliphatic rings. The topological polar surface area (TPSA) is 70.1 Å². The Balaban J connectivity index is 4.10. The van der Waals surface area contributed by atoms with Crippen molar-refractivity contribution >= 4 is 5.91 Å². The maximum atomic E-state index is 10.8. The predicted molar refractivity (Wildman–Crippen MR) is 46.1 cm³/mol. The fourth-order valence-corrected chi connectivity index (χ4v) is 0.968. The molecule has 1 atom stereocenters. The summed E-state index contributed by atoms with van der Waals surface area (Å²) >= 11 is 0. The number of amides is 1. The summed E-state index contributed by atoms with van der Waals surface area (Å²) in [5.41, 5.74) is 5.11. The SMILES string of the molecule is CCCN(CC#N)C(C)C(N)=O. The zero-order valence-electron chi connectivity index (χ0n) is 7.58. The van der Waals surface area contributed by atoms with Crippen LogP contribution in [-0.4, -0.2) is 29.9 Å². The third kappa shape index (κ3) is 3.35.